The lowest BCUT2D eigenvalue weighted by molar-refractivity contribution is 0.246. The van der Waals surface area contributed by atoms with E-state index in [4.69, 9.17) is 4.74 Å². The van der Waals surface area contributed by atoms with E-state index in [1.165, 1.54) is 12.0 Å². The van der Waals surface area contributed by atoms with Crippen molar-refractivity contribution < 1.29 is 4.74 Å². The highest BCUT2D eigenvalue weighted by Crippen LogP contribution is 2.32. The summed E-state index contributed by atoms with van der Waals surface area (Å²) in [5, 5.41) is 0. The Morgan fingerprint density at radius 2 is 1.83 bits per heavy atom. The lowest BCUT2D eigenvalue weighted by atomic mass is 9.79. The maximum Gasteiger partial charge on any atom is 0.122 e. The highest BCUT2D eigenvalue weighted by Gasteiger charge is 2.23. The molecule has 1 nitrogen and oxygen atoms in total. The molecule has 0 aliphatic carbocycles. The quantitative estimate of drug-likeness (QED) is 0.689. The van der Waals surface area contributed by atoms with Crippen molar-refractivity contribution in [2.24, 2.45) is 11.3 Å². The summed E-state index contributed by atoms with van der Waals surface area (Å²) >= 11 is 3.82. The van der Waals surface area contributed by atoms with E-state index in [2.05, 4.69) is 55.8 Å². The van der Waals surface area contributed by atoms with E-state index in [-0.39, 0.29) is 0 Å². The molecule has 0 fully saturated rings. The minimum absolute atomic E-state index is 0.368. The van der Waals surface area contributed by atoms with Gasteiger partial charge in [-0.2, -0.15) is 0 Å². The van der Waals surface area contributed by atoms with Crippen LogP contribution in [0.15, 0.2) is 24.3 Å². The smallest absolute Gasteiger partial charge is 0.122 e. The minimum atomic E-state index is 0.368. The maximum atomic E-state index is 5.40. The Kier molecular flexibility index (Phi) is 5.71. The first-order valence-electron chi connectivity index (χ1n) is 6.60. The van der Waals surface area contributed by atoms with Crippen LogP contribution in [0.3, 0.4) is 0 Å². The van der Waals surface area contributed by atoms with Crippen molar-refractivity contribution in [2.75, 3.05) is 7.11 Å². The van der Waals surface area contributed by atoms with Crippen LogP contribution in [0.2, 0.25) is 0 Å². The normalized spacial score (nSPS) is 15.2. The Morgan fingerprint density at radius 1 is 1.22 bits per heavy atom. The summed E-state index contributed by atoms with van der Waals surface area (Å²) in [4.78, 5) is 0.503. The van der Waals surface area contributed by atoms with Crippen LogP contribution in [0.25, 0.3) is 0 Å². The summed E-state index contributed by atoms with van der Waals surface area (Å²) in [5.41, 5.74) is 1.65. The topological polar surface area (TPSA) is 9.23 Å². The summed E-state index contributed by atoms with van der Waals surface area (Å²) in [5.74, 6) is 1.68. The second-order valence-electron chi connectivity index (χ2n) is 6.12. The lowest BCUT2D eigenvalue weighted by Gasteiger charge is -2.29. The molecule has 0 aliphatic rings. The van der Waals surface area contributed by atoms with Crippen molar-refractivity contribution in [1.82, 2.24) is 0 Å². The SMILES string of the molecule is COc1ccccc1CC(Br)CC(C)C(C)(C)C. The number of ether oxygens (including phenoxy) is 1. The molecule has 0 amide bonds. The third kappa shape index (κ3) is 4.64. The van der Waals surface area contributed by atoms with E-state index >= 15 is 0 Å². The molecule has 0 aliphatic heterocycles. The largest absolute Gasteiger partial charge is 0.496 e. The van der Waals surface area contributed by atoms with E-state index in [0.717, 1.165) is 12.2 Å². The molecule has 1 aromatic carbocycles. The third-order valence-electron chi connectivity index (χ3n) is 3.72. The standard InChI is InChI=1S/C16H25BrO/c1-12(16(2,3)4)10-14(17)11-13-8-6-7-9-15(13)18-5/h6-9,12,14H,10-11H2,1-5H3. The Balaban J connectivity index is 2.62. The molecule has 1 aromatic rings. The molecule has 0 spiro atoms. The van der Waals surface area contributed by atoms with E-state index in [9.17, 15) is 0 Å². The predicted octanol–water partition coefficient (Wildman–Crippen LogP) is 5.07. The van der Waals surface area contributed by atoms with Gasteiger partial charge in [0.05, 0.1) is 7.11 Å². The zero-order valence-electron chi connectivity index (χ0n) is 12.2. The number of para-hydroxylation sites is 1. The number of hydrogen-bond donors (Lipinski definition) is 0. The molecule has 2 unspecified atom stereocenters. The van der Waals surface area contributed by atoms with Gasteiger partial charge in [0.1, 0.15) is 5.75 Å². The van der Waals surface area contributed by atoms with E-state index in [1.807, 2.05) is 12.1 Å². The highest BCUT2D eigenvalue weighted by molar-refractivity contribution is 9.09. The van der Waals surface area contributed by atoms with Crippen molar-refractivity contribution in [1.29, 1.82) is 0 Å². The summed E-state index contributed by atoms with van der Waals surface area (Å²) in [7, 11) is 1.74. The molecular formula is C16H25BrO. The van der Waals surface area contributed by atoms with Gasteiger partial charge >= 0.3 is 0 Å². The van der Waals surface area contributed by atoms with Gasteiger partial charge in [-0.25, -0.2) is 0 Å². The van der Waals surface area contributed by atoms with E-state index in [1.54, 1.807) is 7.11 Å². The molecule has 2 atom stereocenters. The summed E-state index contributed by atoms with van der Waals surface area (Å²) in [6, 6.07) is 8.27. The average molecular weight is 313 g/mol. The van der Waals surface area contributed by atoms with Gasteiger partial charge in [0.25, 0.3) is 0 Å². The van der Waals surface area contributed by atoms with Crippen LogP contribution in [0, 0.1) is 11.3 Å². The van der Waals surface area contributed by atoms with Gasteiger partial charge < -0.3 is 4.74 Å². The van der Waals surface area contributed by atoms with E-state index < -0.39 is 0 Å². The zero-order chi connectivity index (χ0) is 13.8. The maximum absolute atomic E-state index is 5.40. The summed E-state index contributed by atoms with van der Waals surface area (Å²) in [6.45, 7) is 9.25. The summed E-state index contributed by atoms with van der Waals surface area (Å²) < 4.78 is 5.40. The lowest BCUT2D eigenvalue weighted by Crippen LogP contribution is -2.21. The molecule has 0 N–H and O–H groups in total. The van der Waals surface area contributed by atoms with Crippen molar-refractivity contribution in [3.63, 3.8) is 0 Å². The van der Waals surface area contributed by atoms with Crippen LogP contribution in [-0.2, 0) is 6.42 Å². The summed E-state index contributed by atoms with van der Waals surface area (Å²) in [6.07, 6.45) is 2.20. The molecule has 0 aromatic heterocycles. The van der Waals surface area contributed by atoms with E-state index in [0.29, 0.717) is 16.2 Å². The van der Waals surface area contributed by atoms with Crippen molar-refractivity contribution >= 4 is 15.9 Å². The Bertz CT molecular complexity index is 368. The fourth-order valence-corrected chi connectivity index (χ4v) is 2.84. The first-order chi connectivity index (χ1) is 8.34. The Labute approximate surface area is 120 Å². The highest BCUT2D eigenvalue weighted by atomic mass is 79.9. The van der Waals surface area contributed by atoms with Gasteiger partial charge in [-0.3, -0.25) is 0 Å². The van der Waals surface area contributed by atoms with Gasteiger partial charge in [-0.15, -0.1) is 0 Å². The number of benzene rings is 1. The monoisotopic (exact) mass is 312 g/mol. The molecule has 1 rings (SSSR count). The fourth-order valence-electron chi connectivity index (χ4n) is 1.93. The molecule has 2 heteroatoms. The number of alkyl halides is 1. The second-order valence-corrected chi connectivity index (χ2v) is 7.41. The average Bonchev–Trinajstić information content (AvgIpc) is 2.28. The molecule has 18 heavy (non-hydrogen) atoms. The third-order valence-corrected chi connectivity index (χ3v) is 4.42. The van der Waals surface area contributed by atoms with Crippen LogP contribution >= 0.6 is 15.9 Å². The molecule has 0 bridgehead atoms. The first-order valence-corrected chi connectivity index (χ1v) is 7.52. The minimum Gasteiger partial charge on any atom is -0.496 e. The van der Waals surface area contributed by atoms with Crippen LogP contribution < -0.4 is 4.74 Å². The fraction of sp³-hybridized carbons (Fsp3) is 0.625. The molecular weight excluding hydrogens is 288 g/mol. The molecule has 0 saturated carbocycles. The van der Waals surface area contributed by atoms with Crippen molar-refractivity contribution in [2.45, 2.75) is 45.4 Å². The number of methoxy groups -OCH3 is 1. The second kappa shape index (κ2) is 6.60. The van der Waals surface area contributed by atoms with Crippen molar-refractivity contribution in [3.8, 4) is 5.75 Å². The molecule has 0 radical (unpaired) electrons. The zero-order valence-corrected chi connectivity index (χ0v) is 13.8. The van der Waals surface area contributed by atoms with Crippen molar-refractivity contribution in [3.05, 3.63) is 29.8 Å². The number of rotatable bonds is 5. The first kappa shape index (κ1) is 15.6. The van der Waals surface area contributed by atoms with Gasteiger partial charge in [0, 0.05) is 4.83 Å². The van der Waals surface area contributed by atoms with Crippen LogP contribution in [0.1, 0.15) is 39.7 Å². The number of halogens is 1. The van der Waals surface area contributed by atoms with Gasteiger partial charge in [0.2, 0.25) is 0 Å². The molecule has 0 heterocycles. The van der Waals surface area contributed by atoms with Gasteiger partial charge in [-0.1, -0.05) is 61.8 Å². The van der Waals surface area contributed by atoms with Gasteiger partial charge in [0.15, 0.2) is 0 Å². The van der Waals surface area contributed by atoms with Crippen LogP contribution in [0.5, 0.6) is 5.75 Å². The Morgan fingerprint density at radius 3 is 2.39 bits per heavy atom. The molecule has 0 saturated heterocycles. The molecule has 102 valence electrons. The predicted molar refractivity (Wildman–Crippen MR) is 82.6 cm³/mol. The Hall–Kier alpha value is -0.500. The number of hydrogen-bond acceptors (Lipinski definition) is 1. The van der Waals surface area contributed by atoms with Gasteiger partial charge in [-0.05, 0) is 35.8 Å². The van der Waals surface area contributed by atoms with Crippen LogP contribution in [-0.4, -0.2) is 11.9 Å². The van der Waals surface area contributed by atoms with Crippen LogP contribution in [0.4, 0.5) is 0 Å².